The largest absolute Gasteiger partial charge is 0.493 e. The van der Waals surface area contributed by atoms with Crippen LogP contribution >= 0.6 is 0 Å². The van der Waals surface area contributed by atoms with Gasteiger partial charge >= 0.3 is 0 Å². The molecule has 8 N–H and O–H groups in total. The van der Waals surface area contributed by atoms with Crippen LogP contribution in [0, 0.1) is 23.5 Å². The van der Waals surface area contributed by atoms with Crippen LogP contribution in [0.25, 0.3) is 66.8 Å². The number of halogens is 2. The Hall–Kier alpha value is -8.83. The molecular formula is C60H62F2N6O9. The zero-order chi connectivity index (χ0) is 55.3. The van der Waals surface area contributed by atoms with Gasteiger partial charge < -0.3 is 51.0 Å². The van der Waals surface area contributed by atoms with Crippen molar-refractivity contribution in [1.29, 1.82) is 0 Å². The zero-order valence-electron chi connectivity index (χ0n) is 43.7. The molecule has 0 saturated carbocycles. The number of nitrogens with two attached hydrogens (primary N) is 2. The number of amides is 5. The molecule has 0 atom stereocenters. The van der Waals surface area contributed by atoms with Gasteiger partial charge in [-0.3, -0.25) is 24.0 Å². The molecule has 6 aromatic carbocycles. The van der Waals surface area contributed by atoms with Crippen LogP contribution in [0.15, 0.2) is 130 Å². The van der Waals surface area contributed by atoms with E-state index in [0.717, 1.165) is 5.56 Å². The van der Waals surface area contributed by atoms with E-state index in [1.807, 2.05) is 39.8 Å². The molecule has 8 rings (SSSR count). The molecule has 400 valence electrons. The van der Waals surface area contributed by atoms with Gasteiger partial charge in [0.1, 0.15) is 45.8 Å². The molecule has 0 bridgehead atoms. The van der Waals surface area contributed by atoms with Gasteiger partial charge in [0.15, 0.2) is 0 Å². The molecule has 0 aliphatic carbocycles. The van der Waals surface area contributed by atoms with Crippen LogP contribution in [0.4, 0.5) is 8.78 Å². The van der Waals surface area contributed by atoms with E-state index in [-0.39, 0.29) is 48.4 Å². The van der Waals surface area contributed by atoms with Crippen LogP contribution in [-0.2, 0) is 4.79 Å². The van der Waals surface area contributed by atoms with E-state index in [1.165, 1.54) is 31.3 Å². The minimum Gasteiger partial charge on any atom is -0.493 e. The third-order valence-electron chi connectivity index (χ3n) is 12.2. The summed E-state index contributed by atoms with van der Waals surface area (Å²) in [6, 6.07) is 32.6. The average molecular weight is 1050 g/mol. The van der Waals surface area contributed by atoms with Crippen LogP contribution in [-0.4, -0.2) is 76.5 Å². The van der Waals surface area contributed by atoms with Crippen molar-refractivity contribution < 1.29 is 51.1 Å². The number of carbonyl (C=O) groups excluding carboxylic acids is 5. The molecule has 2 aromatic heterocycles. The number of carbonyl (C=O) groups is 5. The van der Waals surface area contributed by atoms with Gasteiger partial charge in [-0.1, -0.05) is 39.8 Å². The molecule has 0 aliphatic rings. The molecule has 2 heterocycles. The summed E-state index contributed by atoms with van der Waals surface area (Å²) >= 11 is 0. The Morgan fingerprint density at radius 1 is 0.532 bits per heavy atom. The van der Waals surface area contributed by atoms with Crippen molar-refractivity contribution in [3.63, 3.8) is 0 Å². The van der Waals surface area contributed by atoms with Gasteiger partial charge in [0.25, 0.3) is 23.6 Å². The van der Waals surface area contributed by atoms with E-state index < -0.39 is 11.7 Å². The van der Waals surface area contributed by atoms with E-state index in [9.17, 15) is 32.8 Å². The third-order valence-corrected chi connectivity index (χ3v) is 12.2. The average Bonchev–Trinajstić information content (AvgIpc) is 4.04. The molecular weight excluding hydrogens is 987 g/mol. The third kappa shape index (κ3) is 13.7. The maximum Gasteiger partial charge on any atom is 0.255 e. The summed E-state index contributed by atoms with van der Waals surface area (Å²) in [6.45, 7) is 10.1. The molecule has 77 heavy (non-hydrogen) atoms. The first kappa shape index (κ1) is 55.9. The number of rotatable bonds is 20. The predicted molar refractivity (Wildman–Crippen MR) is 294 cm³/mol. The Morgan fingerprint density at radius 2 is 0.935 bits per heavy atom. The van der Waals surface area contributed by atoms with Gasteiger partial charge in [0.2, 0.25) is 5.91 Å². The van der Waals surface area contributed by atoms with Gasteiger partial charge in [-0.05, 0) is 145 Å². The Bertz CT molecular complexity index is 3420. The first-order valence-corrected chi connectivity index (χ1v) is 25.2. The quantitative estimate of drug-likeness (QED) is 0.0396. The van der Waals surface area contributed by atoms with Crippen molar-refractivity contribution in [2.24, 2.45) is 23.3 Å². The number of primary amides is 1. The van der Waals surface area contributed by atoms with E-state index in [2.05, 4.69) is 21.3 Å². The van der Waals surface area contributed by atoms with Crippen molar-refractivity contribution >= 4 is 51.5 Å². The Kier molecular flexibility index (Phi) is 18.6. The fourth-order valence-corrected chi connectivity index (χ4v) is 8.21. The van der Waals surface area contributed by atoms with Crippen LogP contribution < -0.4 is 42.2 Å². The first-order valence-electron chi connectivity index (χ1n) is 25.2. The molecule has 0 radical (unpaired) electrons. The summed E-state index contributed by atoms with van der Waals surface area (Å²) in [5.74, 6) is -0.0965. The number of nitrogens with one attached hydrogen (secondary N) is 4. The van der Waals surface area contributed by atoms with Gasteiger partial charge in [0.05, 0.1) is 30.8 Å². The molecule has 0 saturated heterocycles. The summed E-state index contributed by atoms with van der Waals surface area (Å²) in [6.07, 6.45) is 0.706. The molecule has 0 aliphatic heterocycles. The highest BCUT2D eigenvalue weighted by molar-refractivity contribution is 6.13. The van der Waals surface area contributed by atoms with Crippen molar-refractivity contribution in [1.82, 2.24) is 21.3 Å². The summed E-state index contributed by atoms with van der Waals surface area (Å²) < 4.78 is 51.1. The fourth-order valence-electron chi connectivity index (χ4n) is 8.21. The molecule has 5 amide bonds. The molecule has 17 heteroatoms. The number of furan rings is 2. The molecule has 15 nitrogen and oxygen atoms in total. The normalized spacial score (nSPS) is 11.1. The van der Waals surface area contributed by atoms with Crippen molar-refractivity contribution in [2.75, 3.05) is 46.9 Å². The lowest BCUT2D eigenvalue weighted by Gasteiger charge is -2.14. The van der Waals surface area contributed by atoms with Crippen molar-refractivity contribution in [2.45, 2.75) is 40.5 Å². The summed E-state index contributed by atoms with van der Waals surface area (Å²) in [5.41, 5.74) is 17.3. The minimum absolute atomic E-state index is 0.0265. The number of ether oxygens (including phenoxy) is 2. The van der Waals surface area contributed by atoms with E-state index in [1.54, 1.807) is 92.0 Å². The minimum atomic E-state index is -0.496. The molecule has 0 fully saturated rings. The molecule has 0 spiro atoms. The van der Waals surface area contributed by atoms with E-state index in [0.29, 0.717) is 134 Å². The van der Waals surface area contributed by atoms with Gasteiger partial charge in [-0.15, -0.1) is 0 Å². The fraction of sp³-hybridized carbons (Fsp3) is 0.250. The van der Waals surface area contributed by atoms with Crippen LogP contribution in [0.2, 0.25) is 0 Å². The predicted octanol–water partition coefficient (Wildman–Crippen LogP) is 10.3. The second-order valence-electron chi connectivity index (χ2n) is 18.9. The van der Waals surface area contributed by atoms with Crippen molar-refractivity contribution in [3.8, 4) is 56.4 Å². The first-order chi connectivity index (χ1) is 37.0. The number of hydrogen-bond donors (Lipinski definition) is 6. The van der Waals surface area contributed by atoms with Crippen molar-refractivity contribution in [3.05, 3.63) is 155 Å². The lowest BCUT2D eigenvalue weighted by atomic mass is 9.98. The monoisotopic (exact) mass is 1050 g/mol. The lowest BCUT2D eigenvalue weighted by Crippen LogP contribution is -2.27. The maximum absolute atomic E-state index is 13.5. The number of fused-ring (bicyclic) bond motifs is 2. The second-order valence-corrected chi connectivity index (χ2v) is 18.9. The Labute approximate surface area is 444 Å². The summed E-state index contributed by atoms with van der Waals surface area (Å²) in [5, 5.41) is 12.3. The zero-order valence-corrected chi connectivity index (χ0v) is 43.7. The summed E-state index contributed by atoms with van der Waals surface area (Å²) in [7, 11) is 3.06. The smallest absolute Gasteiger partial charge is 0.255 e. The standard InChI is InChI=1S/C30H30FN3O5.C30H32FN3O4/c1-17(2)16-34-29(36)20-7-10-24(38-13-12-26(32)35)22(15-20)19-6-11-25-23(14-19)27(30(37)33-3)28(39-25)18-4-8-21(31)9-5-18;1-18(2)17-34-29(35)21-8-11-25(37-14-4-13-32)23(16-21)20-7-12-26-24(15-20)27(30(36)33-3)28(38-26)19-5-9-22(31)10-6-19/h4-11,14-15,17H,12-13,16H2,1-3H3,(H2,32,35)(H,33,37)(H,34,36);5-12,15-16,18H,4,13-14,17,32H2,1-3H3,(H,33,36)(H,34,35). The Morgan fingerprint density at radius 3 is 1.31 bits per heavy atom. The van der Waals surface area contributed by atoms with Gasteiger partial charge in [-0.2, -0.15) is 0 Å². The second kappa shape index (κ2) is 25.6. The highest BCUT2D eigenvalue weighted by Crippen LogP contribution is 2.41. The topological polar surface area (TPSA) is 230 Å². The number of benzene rings is 6. The van der Waals surface area contributed by atoms with E-state index in [4.69, 9.17) is 29.8 Å². The Balaban J connectivity index is 0.000000224. The lowest BCUT2D eigenvalue weighted by molar-refractivity contribution is -0.118. The van der Waals surface area contributed by atoms with E-state index >= 15 is 0 Å². The van der Waals surface area contributed by atoms with Crippen LogP contribution in [0.1, 0.15) is 82.0 Å². The highest BCUT2D eigenvalue weighted by Gasteiger charge is 2.25. The summed E-state index contributed by atoms with van der Waals surface area (Å²) in [4.78, 5) is 62.8. The highest BCUT2D eigenvalue weighted by atomic mass is 19.1. The maximum atomic E-state index is 13.5. The molecule has 0 unspecified atom stereocenters. The van der Waals surface area contributed by atoms with Gasteiger partial charge in [-0.25, -0.2) is 8.78 Å². The van der Waals surface area contributed by atoms with Gasteiger partial charge in [0, 0.05) is 71.3 Å². The SMILES string of the molecule is CNC(=O)c1c(-c2ccc(F)cc2)oc2ccc(-c3cc(C(=O)NCC(C)C)ccc3OCCC(N)=O)cc12.CNC(=O)c1c(-c2ccc(F)cc2)oc2ccc(-c3cc(C(=O)NCC(C)C)ccc3OCCCN)cc12. The molecule has 8 aromatic rings. The van der Waals surface area contributed by atoms with Crippen LogP contribution in [0.3, 0.4) is 0 Å². The number of hydrogen-bond acceptors (Lipinski definition) is 10. The van der Waals surface area contributed by atoms with Crippen LogP contribution in [0.5, 0.6) is 11.5 Å².